The normalized spacial score (nSPS) is 15.8. The second-order valence-electron chi connectivity index (χ2n) is 8.04. The van der Waals surface area contributed by atoms with Crippen LogP contribution < -0.4 is 14.4 Å². The molecule has 1 aromatic carbocycles. The number of pyridine rings is 1. The van der Waals surface area contributed by atoms with Crippen LogP contribution >= 0.6 is 0 Å². The number of benzene rings is 1. The molecular weight excluding hydrogens is 464 g/mol. The van der Waals surface area contributed by atoms with Gasteiger partial charge in [0.15, 0.2) is 17.4 Å². The molecule has 0 fully saturated rings. The first-order chi connectivity index (χ1) is 16.2. The van der Waals surface area contributed by atoms with Crippen LogP contribution in [0.5, 0.6) is 5.75 Å². The third-order valence-corrected chi connectivity index (χ3v) is 6.28. The van der Waals surface area contributed by atoms with E-state index in [1.807, 2.05) is 30.0 Å². The van der Waals surface area contributed by atoms with Gasteiger partial charge in [-0.1, -0.05) is 6.07 Å². The lowest BCUT2D eigenvalue weighted by molar-refractivity contribution is 0.290. The molecule has 0 saturated carbocycles. The van der Waals surface area contributed by atoms with Crippen molar-refractivity contribution in [2.24, 2.45) is 0 Å². The second kappa shape index (κ2) is 9.98. The van der Waals surface area contributed by atoms with Gasteiger partial charge in [0.2, 0.25) is 15.8 Å². The van der Waals surface area contributed by atoms with Crippen molar-refractivity contribution in [2.75, 3.05) is 30.9 Å². The van der Waals surface area contributed by atoms with Crippen LogP contribution in [0.1, 0.15) is 30.6 Å². The van der Waals surface area contributed by atoms with Crippen LogP contribution in [-0.2, 0) is 16.4 Å². The summed E-state index contributed by atoms with van der Waals surface area (Å²) in [6.45, 7) is 2.68. The van der Waals surface area contributed by atoms with Gasteiger partial charge in [0.25, 0.3) is 0 Å². The second-order valence-corrected chi connectivity index (χ2v) is 9.87. The summed E-state index contributed by atoms with van der Waals surface area (Å²) in [5.74, 6) is -1.75. The SMILES string of the molecule is CC1c2cnc(-c3ccccn3)nc2CCN1c1cc(F)c(F)c(OCCCNS(C)(=O)=O)c1. The molecule has 0 aliphatic carbocycles. The molecule has 1 aliphatic heterocycles. The molecule has 34 heavy (non-hydrogen) atoms. The minimum absolute atomic E-state index is 0.0326. The van der Waals surface area contributed by atoms with Crippen molar-refractivity contribution in [3.8, 4) is 17.3 Å². The molecule has 1 aliphatic rings. The number of hydrogen-bond donors (Lipinski definition) is 1. The lowest BCUT2D eigenvalue weighted by Gasteiger charge is -2.36. The molecule has 11 heteroatoms. The summed E-state index contributed by atoms with van der Waals surface area (Å²) >= 11 is 0. The number of rotatable bonds is 8. The molecule has 1 N–H and O–H groups in total. The molecule has 180 valence electrons. The zero-order valence-corrected chi connectivity index (χ0v) is 19.6. The number of nitrogens with one attached hydrogen (secondary N) is 1. The maximum absolute atomic E-state index is 14.4. The highest BCUT2D eigenvalue weighted by atomic mass is 32.2. The average molecular weight is 490 g/mol. The van der Waals surface area contributed by atoms with Crippen molar-refractivity contribution in [1.29, 1.82) is 0 Å². The molecule has 0 spiro atoms. The number of hydrogen-bond acceptors (Lipinski definition) is 7. The molecule has 0 radical (unpaired) electrons. The van der Waals surface area contributed by atoms with Crippen LogP contribution in [0.25, 0.3) is 11.5 Å². The summed E-state index contributed by atoms with van der Waals surface area (Å²) in [7, 11) is -3.31. The van der Waals surface area contributed by atoms with Crippen molar-refractivity contribution in [1.82, 2.24) is 19.7 Å². The maximum Gasteiger partial charge on any atom is 0.208 e. The van der Waals surface area contributed by atoms with E-state index in [0.29, 0.717) is 36.6 Å². The topological polar surface area (TPSA) is 97.3 Å². The highest BCUT2D eigenvalue weighted by Crippen LogP contribution is 2.36. The number of fused-ring (bicyclic) bond motifs is 1. The minimum Gasteiger partial charge on any atom is -0.490 e. The number of halogens is 2. The maximum atomic E-state index is 14.4. The molecule has 3 heterocycles. The Balaban J connectivity index is 1.50. The molecule has 0 saturated heterocycles. The van der Waals surface area contributed by atoms with Crippen molar-refractivity contribution < 1.29 is 21.9 Å². The van der Waals surface area contributed by atoms with Crippen molar-refractivity contribution in [3.63, 3.8) is 0 Å². The van der Waals surface area contributed by atoms with Crippen molar-refractivity contribution >= 4 is 15.7 Å². The Hall–Kier alpha value is -3.18. The monoisotopic (exact) mass is 489 g/mol. The van der Waals surface area contributed by atoms with Crippen LogP contribution in [-0.4, -0.2) is 49.3 Å². The van der Waals surface area contributed by atoms with E-state index in [-0.39, 0.29) is 24.9 Å². The van der Waals surface area contributed by atoms with Crippen molar-refractivity contribution in [3.05, 3.63) is 65.6 Å². The Kier molecular flexibility index (Phi) is 7.03. The van der Waals surface area contributed by atoms with Gasteiger partial charge in [-0.3, -0.25) is 4.98 Å². The lowest BCUT2D eigenvalue weighted by atomic mass is 9.98. The Morgan fingerprint density at radius 1 is 1.24 bits per heavy atom. The molecule has 4 rings (SSSR count). The number of nitrogens with zero attached hydrogens (tertiary/aromatic N) is 4. The van der Waals surface area contributed by atoms with E-state index in [9.17, 15) is 17.2 Å². The zero-order chi connectivity index (χ0) is 24.3. The summed E-state index contributed by atoms with van der Waals surface area (Å²) in [4.78, 5) is 15.4. The molecule has 8 nitrogen and oxygen atoms in total. The quantitative estimate of drug-likeness (QED) is 0.485. The Morgan fingerprint density at radius 2 is 2.06 bits per heavy atom. The third-order valence-electron chi connectivity index (χ3n) is 5.56. The van der Waals surface area contributed by atoms with Crippen LogP contribution in [0.4, 0.5) is 14.5 Å². The first-order valence-electron chi connectivity index (χ1n) is 10.8. The molecule has 1 unspecified atom stereocenters. The highest BCUT2D eigenvalue weighted by Gasteiger charge is 2.28. The predicted octanol–water partition coefficient (Wildman–Crippen LogP) is 3.26. The molecule has 1 atom stereocenters. The van der Waals surface area contributed by atoms with Gasteiger partial charge >= 0.3 is 0 Å². The van der Waals surface area contributed by atoms with Crippen LogP contribution in [0.2, 0.25) is 0 Å². The van der Waals surface area contributed by atoms with E-state index in [4.69, 9.17) is 4.74 Å². The Bertz CT molecular complexity index is 1280. The predicted molar refractivity (Wildman–Crippen MR) is 124 cm³/mol. The van der Waals surface area contributed by atoms with E-state index in [0.717, 1.165) is 23.6 Å². The first-order valence-corrected chi connectivity index (χ1v) is 12.7. The summed E-state index contributed by atoms with van der Waals surface area (Å²) in [6, 6.07) is 8.00. The van der Waals surface area contributed by atoms with E-state index in [2.05, 4.69) is 19.7 Å². The van der Waals surface area contributed by atoms with Gasteiger partial charge < -0.3 is 9.64 Å². The van der Waals surface area contributed by atoms with Gasteiger partial charge in [-0.05, 0) is 25.5 Å². The molecule has 2 aromatic heterocycles. The zero-order valence-electron chi connectivity index (χ0n) is 18.8. The third kappa shape index (κ3) is 5.48. The number of sulfonamides is 1. The Labute approximate surface area is 197 Å². The van der Waals surface area contributed by atoms with E-state index in [1.165, 1.54) is 6.07 Å². The van der Waals surface area contributed by atoms with Gasteiger partial charge in [0.1, 0.15) is 5.69 Å². The van der Waals surface area contributed by atoms with Gasteiger partial charge in [-0.15, -0.1) is 0 Å². The van der Waals surface area contributed by atoms with Crippen LogP contribution in [0, 0.1) is 11.6 Å². The molecule has 0 bridgehead atoms. The van der Waals surface area contributed by atoms with Crippen molar-refractivity contribution in [2.45, 2.75) is 25.8 Å². The molecule has 0 amide bonds. The van der Waals surface area contributed by atoms with Crippen LogP contribution in [0.15, 0.2) is 42.7 Å². The fraction of sp³-hybridized carbons (Fsp3) is 0.348. The van der Waals surface area contributed by atoms with Gasteiger partial charge in [0.05, 0.1) is 24.6 Å². The highest BCUT2D eigenvalue weighted by molar-refractivity contribution is 7.88. The van der Waals surface area contributed by atoms with Crippen LogP contribution in [0.3, 0.4) is 0 Å². The summed E-state index contributed by atoms with van der Waals surface area (Å²) in [6.07, 6.45) is 5.41. The molecular formula is C23H25F2N5O3S. The summed E-state index contributed by atoms with van der Waals surface area (Å²) in [5, 5.41) is 0. The largest absolute Gasteiger partial charge is 0.490 e. The Morgan fingerprint density at radius 3 is 2.79 bits per heavy atom. The molecule has 3 aromatic rings. The number of aromatic nitrogens is 3. The fourth-order valence-corrected chi connectivity index (χ4v) is 4.38. The van der Waals surface area contributed by atoms with Gasteiger partial charge in [0, 0.05) is 55.3 Å². The van der Waals surface area contributed by atoms with E-state index < -0.39 is 21.7 Å². The fourth-order valence-electron chi connectivity index (χ4n) is 3.87. The summed E-state index contributed by atoms with van der Waals surface area (Å²) in [5.41, 5.74) is 2.98. The lowest BCUT2D eigenvalue weighted by Crippen LogP contribution is -2.35. The van der Waals surface area contributed by atoms with E-state index >= 15 is 0 Å². The van der Waals surface area contributed by atoms with Gasteiger partial charge in [-0.25, -0.2) is 27.5 Å². The van der Waals surface area contributed by atoms with Gasteiger partial charge in [-0.2, -0.15) is 4.39 Å². The number of anilines is 1. The first kappa shape index (κ1) is 24.0. The smallest absolute Gasteiger partial charge is 0.208 e. The minimum atomic E-state index is -3.31. The number of ether oxygens (including phenoxy) is 1. The summed E-state index contributed by atoms with van der Waals surface area (Å²) < 4.78 is 58.7. The standard InChI is InChI=1S/C23H25F2N5O3S/c1-15-17-14-27-23(20-6-3-4-8-26-20)29-19(17)7-10-30(15)16-12-18(24)22(25)21(13-16)33-11-5-9-28-34(2,31)32/h3-4,6,8,12-15,28H,5,7,9-11H2,1-2H3. The van der Waals surface area contributed by atoms with E-state index in [1.54, 1.807) is 12.4 Å². The average Bonchev–Trinajstić information content (AvgIpc) is 2.81.